The third kappa shape index (κ3) is 1.44. The highest BCUT2D eigenvalue weighted by Crippen LogP contribution is 2.47. The highest BCUT2D eigenvalue weighted by molar-refractivity contribution is 6.56. The van der Waals surface area contributed by atoms with Crippen molar-refractivity contribution in [3.8, 4) is 0 Å². The molecule has 1 aliphatic carbocycles. The number of rotatable bonds is 2. The molecule has 0 bridgehead atoms. The lowest BCUT2D eigenvalue weighted by Gasteiger charge is -2.09. The molecule has 0 aromatic heterocycles. The lowest BCUT2D eigenvalue weighted by molar-refractivity contribution is -0.311. The van der Waals surface area contributed by atoms with E-state index in [4.69, 9.17) is 23.2 Å². The molecule has 1 rings (SSSR count). The highest BCUT2D eigenvalue weighted by atomic mass is 35.5. The quantitative estimate of drug-likeness (QED) is 0.631. The van der Waals surface area contributed by atoms with Crippen molar-refractivity contribution in [2.75, 3.05) is 0 Å². The van der Waals surface area contributed by atoms with Crippen molar-refractivity contribution >= 4 is 29.2 Å². The minimum Gasteiger partial charge on any atom is -0.549 e. The number of carbonyl (C=O) groups is 1. The number of carboxylic acids is 1. The third-order valence-electron chi connectivity index (χ3n) is 1.58. The minimum absolute atomic E-state index is 0.00157. The Kier molecular flexibility index (Phi) is 1.92. The van der Waals surface area contributed by atoms with Crippen LogP contribution in [0.4, 0.5) is 0 Å². The summed E-state index contributed by atoms with van der Waals surface area (Å²) in [5, 5.41) is 10.3. The van der Waals surface area contributed by atoms with E-state index in [2.05, 4.69) is 0 Å². The Hall–Kier alpha value is -0.210. The van der Waals surface area contributed by atoms with Crippen molar-refractivity contribution in [3.63, 3.8) is 0 Å². The van der Waals surface area contributed by atoms with Crippen molar-refractivity contribution in [2.24, 2.45) is 5.41 Å². The Morgan fingerprint density at radius 3 is 2.10 bits per heavy atom. The summed E-state index contributed by atoms with van der Waals surface area (Å²) in [5.74, 6) is -1.09. The molecule has 2 nitrogen and oxygen atoms in total. The maximum absolute atomic E-state index is 10.3. The average molecular weight is 180 g/mol. The van der Waals surface area contributed by atoms with Crippen LogP contribution in [0, 0.1) is 5.41 Å². The predicted molar refractivity (Wildman–Crippen MR) is 36.5 cm³/mol. The van der Waals surface area contributed by atoms with Crippen LogP contribution in [0.15, 0.2) is 10.6 Å². The number of carbonyl (C=O) groups excluding carboxylic acids is 1. The molecule has 0 amide bonds. The number of hydrogen-bond acceptors (Lipinski definition) is 2. The van der Waals surface area contributed by atoms with Crippen LogP contribution < -0.4 is 5.11 Å². The predicted octanol–water partition coefficient (Wildman–Crippen LogP) is 0.835. The van der Waals surface area contributed by atoms with Crippen LogP contribution in [0.3, 0.4) is 0 Å². The molecule has 0 unspecified atom stereocenters. The number of carboxylic acid groups (broad SMARTS) is 1. The van der Waals surface area contributed by atoms with E-state index in [0.29, 0.717) is 12.8 Å². The first-order valence-electron chi connectivity index (χ1n) is 2.82. The molecular formula is C6H5Cl2O2-. The normalized spacial score (nSPS) is 19.8. The van der Waals surface area contributed by atoms with E-state index in [0.717, 1.165) is 0 Å². The summed E-state index contributed by atoms with van der Waals surface area (Å²) < 4.78 is 0.00157. The lowest BCUT2D eigenvalue weighted by Crippen LogP contribution is -2.31. The van der Waals surface area contributed by atoms with Crippen molar-refractivity contribution in [3.05, 3.63) is 10.6 Å². The zero-order chi connectivity index (χ0) is 7.78. The smallest absolute Gasteiger partial charge is 0.103 e. The van der Waals surface area contributed by atoms with Crippen LogP contribution in [0.2, 0.25) is 0 Å². The zero-order valence-electron chi connectivity index (χ0n) is 5.06. The van der Waals surface area contributed by atoms with Gasteiger partial charge in [-0.25, -0.2) is 0 Å². The first-order chi connectivity index (χ1) is 4.57. The second-order valence-corrected chi connectivity index (χ2v) is 3.39. The summed E-state index contributed by atoms with van der Waals surface area (Å²) in [6, 6.07) is 0. The summed E-state index contributed by atoms with van der Waals surface area (Å²) in [7, 11) is 0. The molecule has 1 saturated carbocycles. The van der Waals surface area contributed by atoms with Gasteiger partial charge in [0.15, 0.2) is 0 Å². The summed E-state index contributed by atoms with van der Waals surface area (Å²) >= 11 is 10.6. The fourth-order valence-electron chi connectivity index (χ4n) is 0.751. The van der Waals surface area contributed by atoms with E-state index in [1.165, 1.54) is 6.08 Å². The minimum atomic E-state index is -1.09. The van der Waals surface area contributed by atoms with Crippen molar-refractivity contribution < 1.29 is 9.90 Å². The van der Waals surface area contributed by atoms with Crippen molar-refractivity contribution in [1.29, 1.82) is 0 Å². The molecule has 0 N–H and O–H groups in total. The Morgan fingerprint density at radius 1 is 1.50 bits per heavy atom. The molecule has 4 heteroatoms. The van der Waals surface area contributed by atoms with Crippen LogP contribution >= 0.6 is 23.2 Å². The molecule has 0 spiro atoms. The van der Waals surface area contributed by atoms with Crippen LogP contribution in [0.5, 0.6) is 0 Å². The monoisotopic (exact) mass is 179 g/mol. The third-order valence-corrected chi connectivity index (χ3v) is 1.80. The fourth-order valence-corrected chi connectivity index (χ4v) is 1.17. The molecule has 0 atom stereocenters. The van der Waals surface area contributed by atoms with Crippen LogP contribution in [-0.4, -0.2) is 5.97 Å². The van der Waals surface area contributed by atoms with Crippen LogP contribution in [0.1, 0.15) is 12.8 Å². The summed E-state index contributed by atoms with van der Waals surface area (Å²) in [6.45, 7) is 0. The van der Waals surface area contributed by atoms with E-state index in [9.17, 15) is 9.90 Å². The number of hydrogen-bond donors (Lipinski definition) is 0. The van der Waals surface area contributed by atoms with Gasteiger partial charge in [0.25, 0.3) is 0 Å². The maximum Gasteiger partial charge on any atom is 0.103 e. The van der Waals surface area contributed by atoms with Gasteiger partial charge in [0.05, 0.1) is 5.97 Å². The van der Waals surface area contributed by atoms with Crippen molar-refractivity contribution in [2.45, 2.75) is 12.8 Å². The van der Waals surface area contributed by atoms with Gasteiger partial charge in [-0.2, -0.15) is 0 Å². The topological polar surface area (TPSA) is 40.1 Å². The molecular weight excluding hydrogens is 175 g/mol. The van der Waals surface area contributed by atoms with E-state index >= 15 is 0 Å². The molecule has 0 heterocycles. The van der Waals surface area contributed by atoms with Gasteiger partial charge in [-0.1, -0.05) is 23.2 Å². The molecule has 0 aromatic rings. The van der Waals surface area contributed by atoms with Gasteiger partial charge in [-0.15, -0.1) is 0 Å². The summed E-state index contributed by atoms with van der Waals surface area (Å²) in [4.78, 5) is 10.3. The van der Waals surface area contributed by atoms with Gasteiger partial charge in [0, 0.05) is 5.41 Å². The molecule has 0 saturated heterocycles. The second kappa shape index (κ2) is 2.44. The Morgan fingerprint density at radius 2 is 2.00 bits per heavy atom. The highest BCUT2D eigenvalue weighted by Gasteiger charge is 2.42. The van der Waals surface area contributed by atoms with E-state index in [1.807, 2.05) is 0 Å². The second-order valence-electron chi connectivity index (χ2n) is 2.38. The summed E-state index contributed by atoms with van der Waals surface area (Å²) in [6.07, 6.45) is 2.49. The molecule has 10 heavy (non-hydrogen) atoms. The van der Waals surface area contributed by atoms with Gasteiger partial charge in [0.1, 0.15) is 4.49 Å². The Bertz CT molecular complexity index is 190. The molecule has 0 radical (unpaired) electrons. The lowest BCUT2D eigenvalue weighted by atomic mass is 10.1. The molecule has 1 aliphatic rings. The van der Waals surface area contributed by atoms with E-state index in [1.54, 1.807) is 0 Å². The first-order valence-corrected chi connectivity index (χ1v) is 3.58. The van der Waals surface area contributed by atoms with Crippen molar-refractivity contribution in [1.82, 2.24) is 0 Å². The van der Waals surface area contributed by atoms with Crippen LogP contribution in [-0.2, 0) is 4.79 Å². The van der Waals surface area contributed by atoms with Gasteiger partial charge in [0.2, 0.25) is 0 Å². The van der Waals surface area contributed by atoms with Gasteiger partial charge < -0.3 is 9.90 Å². The zero-order valence-corrected chi connectivity index (χ0v) is 6.58. The number of aliphatic carboxylic acids is 1. The first kappa shape index (κ1) is 7.89. The molecule has 1 fully saturated rings. The maximum atomic E-state index is 10.3. The Labute approximate surface area is 68.4 Å². The largest absolute Gasteiger partial charge is 0.549 e. The van der Waals surface area contributed by atoms with E-state index in [-0.39, 0.29) is 4.49 Å². The summed E-state index contributed by atoms with van der Waals surface area (Å²) in [5.41, 5.74) is -0.848. The Balaban J connectivity index is 2.71. The average Bonchev–Trinajstić information content (AvgIpc) is 2.46. The molecule has 56 valence electrons. The van der Waals surface area contributed by atoms with Gasteiger partial charge in [-0.05, 0) is 18.9 Å². The SMILES string of the molecule is O=C([O-])C1(C=C(Cl)Cl)CC1. The van der Waals surface area contributed by atoms with Gasteiger partial charge >= 0.3 is 0 Å². The number of halogens is 2. The van der Waals surface area contributed by atoms with E-state index < -0.39 is 11.4 Å². The van der Waals surface area contributed by atoms with Gasteiger partial charge in [-0.3, -0.25) is 0 Å². The standard InChI is InChI=1S/C6H6Cl2O2/c7-4(8)3-6(1-2-6)5(9)10/h3H,1-2H2,(H,9,10)/p-1. The fraction of sp³-hybridized carbons (Fsp3) is 0.500. The molecule has 0 aliphatic heterocycles. The van der Waals surface area contributed by atoms with Crippen LogP contribution in [0.25, 0.3) is 0 Å². The molecule has 0 aromatic carbocycles.